The van der Waals surface area contributed by atoms with Gasteiger partial charge in [-0.25, -0.2) is 4.98 Å². The van der Waals surface area contributed by atoms with Crippen LogP contribution in [0.2, 0.25) is 0 Å². The molecule has 0 saturated heterocycles. The Morgan fingerprint density at radius 1 is 1.81 bits per heavy atom. The Hall–Kier alpha value is -0.630. The molecular weight excluding hydrogens is 267 g/mol. The van der Waals surface area contributed by atoms with Crippen molar-refractivity contribution in [3.05, 3.63) is 16.1 Å². The molecule has 1 saturated carbocycles. The quantitative estimate of drug-likeness (QED) is 0.797. The average molecular weight is 275 g/mol. The maximum atomic E-state index is 11.9. The van der Waals surface area contributed by atoms with Crippen LogP contribution in [0.3, 0.4) is 0 Å². The van der Waals surface area contributed by atoms with Gasteiger partial charge in [0.25, 0.3) is 0 Å². The number of carbonyl (C=O) groups excluding carboxylic acids is 1. The topological polar surface area (TPSA) is 53.8 Å². The number of nitrogens with zero attached hydrogens (tertiary/aromatic N) is 2. The van der Waals surface area contributed by atoms with Crippen molar-refractivity contribution in [3.8, 4) is 6.07 Å². The van der Waals surface area contributed by atoms with E-state index in [1.165, 1.54) is 11.3 Å². The molecule has 1 fully saturated rings. The number of aromatic nitrogens is 1. The highest BCUT2D eigenvalue weighted by Crippen LogP contribution is 2.55. The van der Waals surface area contributed by atoms with Crippen molar-refractivity contribution in [1.82, 2.24) is 4.98 Å². The molecule has 3 nitrogen and oxygen atoms in total. The van der Waals surface area contributed by atoms with Gasteiger partial charge in [0.15, 0.2) is 11.7 Å². The second-order valence-corrected chi connectivity index (χ2v) is 6.24. The fourth-order valence-electron chi connectivity index (χ4n) is 1.47. The summed E-state index contributed by atoms with van der Waals surface area (Å²) in [6.45, 7) is 1.82. The first-order valence-corrected chi connectivity index (χ1v) is 6.32. The van der Waals surface area contributed by atoms with Crippen LogP contribution >= 0.6 is 34.5 Å². The van der Waals surface area contributed by atoms with Crippen LogP contribution in [0.4, 0.5) is 0 Å². The van der Waals surface area contributed by atoms with Gasteiger partial charge in [-0.2, -0.15) is 5.26 Å². The molecule has 0 aromatic carbocycles. The number of carbonyl (C=O) groups is 1. The van der Waals surface area contributed by atoms with Gasteiger partial charge in [0.05, 0.1) is 12.0 Å². The Bertz CT molecular complexity index is 477. The molecular formula is C10H8Cl2N2OS. The summed E-state index contributed by atoms with van der Waals surface area (Å²) in [5.74, 6) is -1.48. The third kappa shape index (κ3) is 2.08. The van der Waals surface area contributed by atoms with Crippen molar-refractivity contribution < 1.29 is 4.79 Å². The molecule has 1 aliphatic carbocycles. The maximum Gasteiger partial charge on any atom is 0.163 e. The van der Waals surface area contributed by atoms with Crippen LogP contribution in [0.1, 0.15) is 23.0 Å². The minimum Gasteiger partial charge on any atom is -0.297 e. The summed E-state index contributed by atoms with van der Waals surface area (Å²) in [6, 6.07) is 1.97. The van der Waals surface area contributed by atoms with Gasteiger partial charge >= 0.3 is 0 Å². The van der Waals surface area contributed by atoms with Crippen molar-refractivity contribution in [3.63, 3.8) is 0 Å². The smallest absolute Gasteiger partial charge is 0.163 e. The normalized spacial score (nSPS) is 23.5. The van der Waals surface area contributed by atoms with Crippen LogP contribution in [-0.2, 0) is 4.79 Å². The first-order valence-electron chi connectivity index (χ1n) is 4.69. The molecule has 84 valence electrons. The average Bonchev–Trinajstić information content (AvgIpc) is 2.64. The van der Waals surface area contributed by atoms with Crippen molar-refractivity contribution >= 4 is 40.3 Å². The molecule has 2 atom stereocenters. The van der Waals surface area contributed by atoms with E-state index in [4.69, 9.17) is 28.5 Å². The van der Waals surface area contributed by atoms with Crippen LogP contribution in [0, 0.1) is 24.2 Å². The van der Waals surface area contributed by atoms with E-state index in [0.29, 0.717) is 11.4 Å². The largest absolute Gasteiger partial charge is 0.297 e. The monoisotopic (exact) mass is 274 g/mol. The number of rotatable bonds is 3. The van der Waals surface area contributed by atoms with Crippen molar-refractivity contribution in [2.24, 2.45) is 5.92 Å². The molecule has 16 heavy (non-hydrogen) atoms. The third-order valence-electron chi connectivity index (χ3n) is 2.47. The lowest BCUT2D eigenvalue weighted by atomic mass is 10.0. The zero-order chi connectivity index (χ0) is 11.9. The van der Waals surface area contributed by atoms with Crippen molar-refractivity contribution in [2.75, 3.05) is 0 Å². The minimum atomic E-state index is -0.974. The molecule has 1 aliphatic rings. The van der Waals surface area contributed by atoms with Gasteiger partial charge in [-0.15, -0.1) is 34.5 Å². The number of ketones is 1. The van der Waals surface area contributed by atoms with Crippen LogP contribution in [0.5, 0.6) is 0 Å². The zero-order valence-electron chi connectivity index (χ0n) is 8.41. The van der Waals surface area contributed by atoms with Gasteiger partial charge in [0, 0.05) is 11.1 Å². The Balaban J connectivity index is 2.19. The Kier molecular flexibility index (Phi) is 2.95. The highest BCUT2D eigenvalue weighted by atomic mass is 35.5. The van der Waals surface area contributed by atoms with Crippen LogP contribution in [-0.4, -0.2) is 15.1 Å². The molecule has 1 aromatic heterocycles. The van der Waals surface area contributed by atoms with Gasteiger partial charge in [-0.1, -0.05) is 0 Å². The second kappa shape index (κ2) is 3.99. The number of thiazole rings is 1. The first kappa shape index (κ1) is 11.8. The van der Waals surface area contributed by atoms with Crippen molar-refractivity contribution in [1.29, 1.82) is 5.26 Å². The van der Waals surface area contributed by atoms with Gasteiger partial charge in [0.1, 0.15) is 9.34 Å². The molecule has 0 radical (unpaired) electrons. The van der Waals surface area contributed by atoms with Crippen LogP contribution in [0.15, 0.2) is 5.38 Å². The second-order valence-electron chi connectivity index (χ2n) is 3.81. The molecule has 0 aliphatic heterocycles. The van der Waals surface area contributed by atoms with Crippen LogP contribution in [0.25, 0.3) is 0 Å². The Labute approximate surface area is 107 Å². The fourth-order valence-corrected chi connectivity index (χ4v) is 2.84. The number of nitriles is 1. The van der Waals surface area contributed by atoms with Gasteiger partial charge < -0.3 is 0 Å². The minimum absolute atomic E-state index is 0.221. The molecule has 1 heterocycles. The molecule has 0 amide bonds. The number of halogens is 2. The molecule has 0 bridgehead atoms. The predicted octanol–water partition coefficient (Wildman–Crippen LogP) is 2.82. The lowest BCUT2D eigenvalue weighted by molar-refractivity contribution is -0.120. The lowest BCUT2D eigenvalue weighted by Gasteiger charge is -2.04. The van der Waals surface area contributed by atoms with Gasteiger partial charge in [-0.3, -0.25) is 4.79 Å². The maximum absolute atomic E-state index is 11.9. The highest BCUT2D eigenvalue weighted by molar-refractivity contribution is 7.09. The highest BCUT2D eigenvalue weighted by Gasteiger charge is 2.57. The van der Waals surface area contributed by atoms with E-state index in [-0.39, 0.29) is 5.78 Å². The molecule has 6 heteroatoms. The summed E-state index contributed by atoms with van der Waals surface area (Å²) >= 11 is 12.9. The van der Waals surface area contributed by atoms with E-state index >= 15 is 0 Å². The van der Waals surface area contributed by atoms with E-state index in [9.17, 15) is 4.79 Å². The first-order chi connectivity index (χ1) is 7.45. The van der Waals surface area contributed by atoms with Crippen molar-refractivity contribution in [2.45, 2.75) is 23.6 Å². The number of Topliss-reactive ketones (excluding diaryl/α,β-unsaturated/α-hetero) is 1. The third-order valence-corrected chi connectivity index (χ3v) is 4.33. The zero-order valence-corrected chi connectivity index (χ0v) is 10.7. The Morgan fingerprint density at radius 3 is 2.81 bits per heavy atom. The SMILES string of the molecule is Cc1csc(C(C#N)C(=O)C2CC2(Cl)Cl)n1. The van der Waals surface area contributed by atoms with E-state index < -0.39 is 16.2 Å². The summed E-state index contributed by atoms with van der Waals surface area (Å²) in [6.07, 6.45) is 0.428. The Morgan fingerprint density at radius 2 is 2.44 bits per heavy atom. The summed E-state index contributed by atoms with van der Waals surface area (Å²) < 4.78 is -0.974. The summed E-state index contributed by atoms with van der Waals surface area (Å²) in [4.78, 5) is 16.1. The van der Waals surface area contributed by atoms with Crippen LogP contribution < -0.4 is 0 Å². The number of aryl methyl sites for hydroxylation is 1. The standard InChI is InChI=1S/C10H8Cl2N2OS/c1-5-4-16-9(14-5)6(3-13)8(15)7-2-10(7,11)12/h4,6-7H,2H2,1H3. The molecule has 0 spiro atoms. The van der Waals surface area contributed by atoms with E-state index in [2.05, 4.69) is 4.98 Å². The number of hydrogen-bond donors (Lipinski definition) is 0. The van der Waals surface area contributed by atoms with Gasteiger partial charge in [0.2, 0.25) is 0 Å². The molecule has 2 unspecified atom stereocenters. The lowest BCUT2D eigenvalue weighted by Crippen LogP contribution is -2.15. The number of hydrogen-bond acceptors (Lipinski definition) is 4. The van der Waals surface area contributed by atoms with E-state index in [0.717, 1.165) is 5.69 Å². The molecule has 2 rings (SSSR count). The summed E-state index contributed by atoms with van der Waals surface area (Å²) in [5, 5.41) is 11.4. The van der Waals surface area contributed by atoms with Gasteiger partial charge in [-0.05, 0) is 13.3 Å². The fraction of sp³-hybridized carbons (Fsp3) is 0.500. The van der Waals surface area contributed by atoms with E-state index in [1.807, 2.05) is 18.4 Å². The molecule has 1 aromatic rings. The predicted molar refractivity (Wildman–Crippen MR) is 62.8 cm³/mol. The number of alkyl halides is 2. The van der Waals surface area contributed by atoms with E-state index in [1.54, 1.807) is 0 Å². The summed E-state index contributed by atoms with van der Waals surface area (Å²) in [5.41, 5.74) is 0.812. The molecule has 0 N–H and O–H groups in total. The summed E-state index contributed by atoms with van der Waals surface area (Å²) in [7, 11) is 0.